The van der Waals surface area contributed by atoms with E-state index in [1.807, 2.05) is 6.07 Å². The molecular formula is C21H23N3O5. The van der Waals surface area contributed by atoms with Crippen LogP contribution in [0.3, 0.4) is 0 Å². The maximum atomic E-state index is 13.4. The number of hydrogen-bond acceptors (Lipinski definition) is 6. The third-order valence-corrected chi connectivity index (χ3v) is 5.36. The van der Waals surface area contributed by atoms with Crippen molar-refractivity contribution in [2.24, 2.45) is 5.11 Å². The lowest BCUT2D eigenvalue weighted by atomic mass is 9.66. The Bertz CT molecular complexity index is 903. The molecule has 0 saturated carbocycles. The fourth-order valence-corrected chi connectivity index (χ4v) is 3.92. The number of ketones is 1. The number of Topliss-reactive ketones (excluding diaryl/α,β-unsaturated/α-hetero) is 1. The number of carbonyl (C=O) groups excluding carboxylic acids is 1. The van der Waals surface area contributed by atoms with Crippen LogP contribution in [0, 0.1) is 0 Å². The predicted octanol–water partition coefficient (Wildman–Crippen LogP) is 2.64. The van der Waals surface area contributed by atoms with E-state index in [0.29, 0.717) is 5.56 Å². The maximum Gasteiger partial charge on any atom is 0.208 e. The number of methoxy groups -OCH3 is 1. The Hall–Kier alpha value is -2.74. The molecule has 1 heterocycles. The minimum Gasteiger partial charge on any atom is -0.385 e. The van der Waals surface area contributed by atoms with Gasteiger partial charge < -0.3 is 19.7 Å². The van der Waals surface area contributed by atoms with Crippen molar-refractivity contribution < 1.29 is 24.5 Å². The van der Waals surface area contributed by atoms with E-state index in [4.69, 9.17) is 15.0 Å². The van der Waals surface area contributed by atoms with Crippen LogP contribution in [0.4, 0.5) is 0 Å². The molecule has 5 atom stereocenters. The molecule has 8 heteroatoms. The van der Waals surface area contributed by atoms with Gasteiger partial charge in [-0.1, -0.05) is 65.8 Å². The summed E-state index contributed by atoms with van der Waals surface area (Å²) in [4.78, 5) is 16.3. The second kappa shape index (κ2) is 8.32. The highest BCUT2D eigenvalue weighted by molar-refractivity contribution is 6.04. The van der Waals surface area contributed by atoms with Crippen molar-refractivity contribution in [3.63, 3.8) is 0 Å². The van der Waals surface area contributed by atoms with Crippen LogP contribution >= 0.6 is 0 Å². The van der Waals surface area contributed by atoms with Crippen LogP contribution < -0.4 is 0 Å². The summed E-state index contributed by atoms with van der Waals surface area (Å²) in [6, 6.07) is 15.7. The molecule has 2 N–H and O–H groups in total. The van der Waals surface area contributed by atoms with Crippen LogP contribution in [0.15, 0.2) is 65.8 Å². The van der Waals surface area contributed by atoms with E-state index in [0.717, 1.165) is 0 Å². The van der Waals surface area contributed by atoms with Crippen molar-refractivity contribution in [3.8, 4) is 0 Å². The topological polar surface area (TPSA) is 125 Å². The second-order valence-corrected chi connectivity index (χ2v) is 7.11. The molecule has 0 aliphatic carbocycles. The van der Waals surface area contributed by atoms with Gasteiger partial charge in [0.1, 0.15) is 5.60 Å². The first kappa shape index (κ1) is 21.0. The molecule has 3 rings (SSSR count). The molecule has 1 aliphatic rings. The Labute approximate surface area is 168 Å². The van der Waals surface area contributed by atoms with Crippen LogP contribution in [-0.2, 0) is 15.9 Å². The fourth-order valence-electron chi connectivity index (χ4n) is 3.92. The molecule has 0 amide bonds. The smallest absolute Gasteiger partial charge is 0.208 e. The van der Waals surface area contributed by atoms with Crippen LogP contribution in [0.25, 0.3) is 10.4 Å². The van der Waals surface area contributed by atoms with Crippen LogP contribution in [0.5, 0.6) is 0 Å². The first-order valence-electron chi connectivity index (χ1n) is 9.19. The number of nitrogens with zero attached hydrogens (tertiary/aromatic N) is 3. The summed E-state index contributed by atoms with van der Waals surface area (Å²) in [6.45, 7) is 1.59. The molecule has 0 aromatic heterocycles. The van der Waals surface area contributed by atoms with E-state index in [1.54, 1.807) is 49.4 Å². The van der Waals surface area contributed by atoms with Crippen molar-refractivity contribution in [1.29, 1.82) is 0 Å². The van der Waals surface area contributed by atoms with E-state index in [2.05, 4.69) is 10.0 Å². The summed E-state index contributed by atoms with van der Waals surface area (Å²) in [7, 11) is 1.28. The summed E-state index contributed by atoms with van der Waals surface area (Å²) in [5.74, 6) is -0.784. The van der Waals surface area contributed by atoms with Crippen LogP contribution in [-0.4, -0.2) is 52.7 Å². The van der Waals surface area contributed by atoms with Gasteiger partial charge in [0, 0.05) is 24.0 Å². The number of azide groups is 1. The van der Waals surface area contributed by atoms with Crippen molar-refractivity contribution in [3.05, 3.63) is 82.2 Å². The van der Waals surface area contributed by atoms with Gasteiger partial charge in [-0.2, -0.15) is 0 Å². The van der Waals surface area contributed by atoms with Gasteiger partial charge in [0.25, 0.3) is 0 Å². The number of benzene rings is 2. The van der Waals surface area contributed by atoms with E-state index in [1.165, 1.54) is 19.2 Å². The van der Waals surface area contributed by atoms with Crippen LogP contribution in [0.1, 0.15) is 22.8 Å². The first-order chi connectivity index (χ1) is 13.9. The zero-order valence-corrected chi connectivity index (χ0v) is 16.2. The van der Waals surface area contributed by atoms with E-state index in [9.17, 15) is 15.0 Å². The molecule has 0 spiro atoms. The van der Waals surface area contributed by atoms with E-state index >= 15 is 0 Å². The average Bonchev–Trinajstić information content (AvgIpc) is 2.74. The molecule has 0 radical (unpaired) electrons. The summed E-state index contributed by atoms with van der Waals surface area (Å²) >= 11 is 0. The van der Waals surface area contributed by atoms with Gasteiger partial charge in [0.2, 0.25) is 11.4 Å². The molecule has 0 bridgehead atoms. The standard InChI is InChI=1S/C21H23N3O5/c1-14-17(23-24-22)20(26,13-15-9-5-3-6-10-15)21(27,19(28-2)29-14)18(25)16-11-7-4-8-12-16/h3-12,14,17,19,26-27H,13H2,1-2H3/t14-,17-,19+,20+,21-/m1/s1. The zero-order chi connectivity index (χ0) is 21.1. The second-order valence-electron chi connectivity index (χ2n) is 7.11. The Balaban J connectivity index is 2.20. The molecule has 8 nitrogen and oxygen atoms in total. The van der Waals surface area contributed by atoms with Gasteiger partial charge in [-0.25, -0.2) is 0 Å². The summed E-state index contributed by atoms with van der Waals surface area (Å²) < 4.78 is 11.0. The first-order valence-corrected chi connectivity index (χ1v) is 9.19. The van der Waals surface area contributed by atoms with Crippen molar-refractivity contribution in [2.75, 3.05) is 7.11 Å². The fraction of sp³-hybridized carbons (Fsp3) is 0.381. The largest absolute Gasteiger partial charge is 0.385 e. The molecule has 152 valence electrons. The quantitative estimate of drug-likeness (QED) is 0.335. The van der Waals surface area contributed by atoms with E-state index < -0.39 is 35.4 Å². The molecule has 2 aromatic rings. The third kappa shape index (κ3) is 3.53. The van der Waals surface area contributed by atoms with Gasteiger partial charge in [-0.3, -0.25) is 4.79 Å². The molecule has 1 fully saturated rings. The molecule has 29 heavy (non-hydrogen) atoms. The summed E-state index contributed by atoms with van der Waals surface area (Å²) in [5, 5.41) is 27.2. The molecule has 1 aliphatic heterocycles. The number of aliphatic hydroxyl groups is 2. The van der Waals surface area contributed by atoms with Gasteiger partial charge in [0.05, 0.1) is 12.1 Å². The molecule has 2 aromatic carbocycles. The molecule has 1 saturated heterocycles. The summed E-state index contributed by atoms with van der Waals surface area (Å²) in [5.41, 5.74) is 5.18. The highest BCUT2D eigenvalue weighted by Gasteiger charge is 2.68. The Morgan fingerprint density at radius 2 is 1.76 bits per heavy atom. The number of rotatable bonds is 6. The van der Waals surface area contributed by atoms with Gasteiger partial charge in [-0.15, -0.1) is 0 Å². The lowest BCUT2D eigenvalue weighted by molar-refractivity contribution is -0.319. The number of hydrogen-bond donors (Lipinski definition) is 2. The average molecular weight is 397 g/mol. The highest BCUT2D eigenvalue weighted by Crippen LogP contribution is 2.44. The Morgan fingerprint density at radius 1 is 1.17 bits per heavy atom. The monoisotopic (exact) mass is 397 g/mol. The Kier molecular flexibility index (Phi) is 6.02. The SMILES string of the molecule is CO[C@H]1O[C@H](C)[C@@H](N=[N+]=[N-])[C@@](O)(Cc2ccccc2)[C@@]1(O)C(=O)c1ccccc1. The van der Waals surface area contributed by atoms with Crippen molar-refractivity contribution in [1.82, 2.24) is 0 Å². The number of ether oxygens (including phenoxy) is 2. The predicted molar refractivity (Wildman–Crippen MR) is 105 cm³/mol. The van der Waals surface area contributed by atoms with E-state index in [-0.39, 0.29) is 12.0 Å². The van der Waals surface area contributed by atoms with Crippen molar-refractivity contribution in [2.45, 2.75) is 43.0 Å². The highest BCUT2D eigenvalue weighted by atomic mass is 16.7. The molecular weight excluding hydrogens is 374 g/mol. The van der Waals surface area contributed by atoms with Gasteiger partial charge in [-0.05, 0) is 18.0 Å². The zero-order valence-electron chi connectivity index (χ0n) is 16.2. The minimum absolute atomic E-state index is 0.153. The normalized spacial score (nSPS) is 31.7. The van der Waals surface area contributed by atoms with Gasteiger partial charge in [0.15, 0.2) is 6.29 Å². The summed E-state index contributed by atoms with van der Waals surface area (Å²) in [6.07, 6.45) is -2.43. The maximum absolute atomic E-state index is 13.4. The third-order valence-electron chi connectivity index (χ3n) is 5.36. The number of carbonyl (C=O) groups is 1. The van der Waals surface area contributed by atoms with Crippen LogP contribution in [0.2, 0.25) is 0 Å². The minimum atomic E-state index is -2.52. The van der Waals surface area contributed by atoms with Crippen molar-refractivity contribution >= 4 is 5.78 Å². The molecule has 0 unspecified atom stereocenters. The Morgan fingerprint density at radius 3 is 2.31 bits per heavy atom. The lowest BCUT2D eigenvalue weighted by Crippen LogP contribution is -2.77. The lowest BCUT2D eigenvalue weighted by Gasteiger charge is -2.54. The van der Waals surface area contributed by atoms with Gasteiger partial charge >= 0.3 is 0 Å².